The highest BCUT2D eigenvalue weighted by molar-refractivity contribution is 7.13. The van der Waals surface area contributed by atoms with Gasteiger partial charge in [-0.05, 0) is 41.5 Å². The number of alkyl halides is 3. The number of hydrogen-bond donors (Lipinski definition) is 2. The summed E-state index contributed by atoms with van der Waals surface area (Å²) in [5, 5.41) is 9.22. The summed E-state index contributed by atoms with van der Waals surface area (Å²) < 4.78 is 41.3. The number of benzene rings is 3. The van der Waals surface area contributed by atoms with Gasteiger partial charge >= 0.3 is 6.18 Å². The number of rotatable bonds is 7. The van der Waals surface area contributed by atoms with Crippen LogP contribution in [0.5, 0.6) is 0 Å². The average molecular weight is 620 g/mol. The monoisotopic (exact) mass is 619 g/mol. The maximum Gasteiger partial charge on any atom is 0.416 e. The van der Waals surface area contributed by atoms with Crippen molar-refractivity contribution in [2.75, 3.05) is 23.3 Å². The Balaban J connectivity index is 1.24. The summed E-state index contributed by atoms with van der Waals surface area (Å²) in [6, 6.07) is 22.5. The van der Waals surface area contributed by atoms with Crippen molar-refractivity contribution >= 4 is 40.4 Å². The standard InChI is InChI=1S/C32H25ClF3N5OS/c33-23-10-11-27(32(34,35)36)22(14-23)18-41-13-12-37-29-28(41)15-21(16-38-29)25-8-4-5-9-26(25)30(42)39-17-24-19-43-31(40-24)20-6-2-1-3-7-20/h1-11,14-16,19H,12-13,17-18H2,(H,37,38)(H,39,42). The Hall–Kier alpha value is -4.41. The van der Waals surface area contributed by atoms with Gasteiger partial charge in [0, 0.05) is 52.9 Å². The van der Waals surface area contributed by atoms with Crippen LogP contribution in [0.1, 0.15) is 27.2 Å². The molecule has 3 aromatic carbocycles. The van der Waals surface area contributed by atoms with Crippen molar-refractivity contribution in [1.82, 2.24) is 15.3 Å². The SMILES string of the molecule is O=C(NCc1csc(-c2ccccc2)n1)c1ccccc1-c1cnc2c(c1)N(Cc1cc(Cl)ccc1C(F)(F)F)CCN2. The first-order valence-corrected chi connectivity index (χ1v) is 14.7. The molecule has 2 aromatic heterocycles. The number of nitrogens with one attached hydrogen (secondary N) is 2. The number of fused-ring (bicyclic) bond motifs is 1. The van der Waals surface area contributed by atoms with E-state index in [0.717, 1.165) is 22.3 Å². The fourth-order valence-corrected chi connectivity index (χ4v) is 6.07. The molecule has 11 heteroatoms. The van der Waals surface area contributed by atoms with Gasteiger partial charge in [-0.1, -0.05) is 60.1 Å². The first kappa shape index (κ1) is 28.7. The van der Waals surface area contributed by atoms with Gasteiger partial charge in [-0.2, -0.15) is 13.2 Å². The molecule has 0 radical (unpaired) electrons. The van der Waals surface area contributed by atoms with Crippen LogP contribution in [0, 0.1) is 0 Å². The van der Waals surface area contributed by atoms with Gasteiger partial charge in [-0.15, -0.1) is 11.3 Å². The Morgan fingerprint density at radius 3 is 2.63 bits per heavy atom. The second kappa shape index (κ2) is 12.1. The van der Waals surface area contributed by atoms with Crippen LogP contribution in [0.4, 0.5) is 24.7 Å². The molecule has 0 bridgehead atoms. The van der Waals surface area contributed by atoms with Crippen LogP contribution < -0.4 is 15.5 Å². The van der Waals surface area contributed by atoms with E-state index < -0.39 is 11.7 Å². The van der Waals surface area contributed by atoms with Crippen molar-refractivity contribution in [3.8, 4) is 21.7 Å². The summed E-state index contributed by atoms with van der Waals surface area (Å²) in [4.78, 5) is 24.4. The van der Waals surface area contributed by atoms with E-state index in [1.807, 2.05) is 58.8 Å². The van der Waals surface area contributed by atoms with Crippen molar-refractivity contribution in [2.24, 2.45) is 0 Å². The number of carbonyl (C=O) groups excluding carboxylic acids is 1. The summed E-state index contributed by atoms with van der Waals surface area (Å²) in [5.41, 5.74) is 3.54. The Morgan fingerprint density at radius 1 is 1.02 bits per heavy atom. The van der Waals surface area contributed by atoms with Crippen molar-refractivity contribution in [3.05, 3.63) is 118 Å². The van der Waals surface area contributed by atoms with Crippen molar-refractivity contribution in [3.63, 3.8) is 0 Å². The second-order valence-corrected chi connectivity index (χ2v) is 11.3. The maximum absolute atomic E-state index is 13.8. The fourth-order valence-electron chi connectivity index (χ4n) is 5.05. The van der Waals surface area contributed by atoms with Gasteiger partial charge in [0.05, 0.1) is 23.5 Å². The number of amides is 1. The fraction of sp³-hybridized carbons (Fsp3) is 0.156. The summed E-state index contributed by atoms with van der Waals surface area (Å²) in [7, 11) is 0. The van der Waals surface area contributed by atoms with Gasteiger partial charge in [0.1, 0.15) is 10.8 Å². The lowest BCUT2D eigenvalue weighted by atomic mass is 9.99. The number of pyridine rings is 1. The molecule has 218 valence electrons. The Morgan fingerprint density at radius 2 is 1.81 bits per heavy atom. The molecule has 1 amide bonds. The smallest absolute Gasteiger partial charge is 0.367 e. The van der Waals surface area contributed by atoms with Crippen LogP contribution in [-0.2, 0) is 19.3 Å². The Kier molecular flexibility index (Phi) is 8.05. The third kappa shape index (κ3) is 6.35. The average Bonchev–Trinajstić information content (AvgIpc) is 3.49. The van der Waals surface area contributed by atoms with Gasteiger partial charge in [0.15, 0.2) is 0 Å². The number of halogens is 4. The topological polar surface area (TPSA) is 70.2 Å². The van der Waals surface area contributed by atoms with Crippen LogP contribution >= 0.6 is 22.9 Å². The van der Waals surface area contributed by atoms with E-state index in [0.29, 0.717) is 41.3 Å². The molecule has 0 fully saturated rings. The lowest BCUT2D eigenvalue weighted by molar-refractivity contribution is -0.138. The molecular weight excluding hydrogens is 595 g/mol. The van der Waals surface area contributed by atoms with Crippen molar-refractivity contribution in [2.45, 2.75) is 19.3 Å². The summed E-state index contributed by atoms with van der Waals surface area (Å²) in [6.45, 7) is 1.24. The van der Waals surface area contributed by atoms with E-state index in [1.54, 1.807) is 18.3 Å². The van der Waals surface area contributed by atoms with Crippen LogP contribution in [-0.4, -0.2) is 29.0 Å². The maximum atomic E-state index is 13.8. The lowest BCUT2D eigenvalue weighted by Gasteiger charge is -2.32. The number of aromatic nitrogens is 2. The summed E-state index contributed by atoms with van der Waals surface area (Å²) in [6.07, 6.45) is -2.85. The number of thiazole rings is 1. The van der Waals surface area contributed by atoms with Crippen molar-refractivity contribution < 1.29 is 18.0 Å². The quantitative estimate of drug-likeness (QED) is 0.194. The Labute approximate surface area is 255 Å². The zero-order valence-electron chi connectivity index (χ0n) is 22.7. The minimum Gasteiger partial charge on any atom is -0.367 e. The van der Waals surface area contributed by atoms with Crippen LogP contribution in [0.2, 0.25) is 5.02 Å². The molecule has 43 heavy (non-hydrogen) atoms. The van der Waals surface area contributed by atoms with Crippen LogP contribution in [0.15, 0.2) is 90.4 Å². The summed E-state index contributed by atoms with van der Waals surface area (Å²) in [5.74, 6) is 0.289. The second-order valence-electron chi connectivity index (χ2n) is 9.98. The molecule has 5 aromatic rings. The molecule has 0 aliphatic carbocycles. The largest absolute Gasteiger partial charge is 0.416 e. The van der Waals surface area contributed by atoms with Gasteiger partial charge < -0.3 is 15.5 Å². The number of nitrogens with zero attached hydrogens (tertiary/aromatic N) is 3. The molecule has 2 N–H and O–H groups in total. The van der Waals surface area contributed by atoms with Gasteiger partial charge in [-0.25, -0.2) is 9.97 Å². The first-order valence-electron chi connectivity index (χ1n) is 13.5. The third-order valence-electron chi connectivity index (χ3n) is 7.10. The minimum atomic E-state index is -4.51. The molecule has 0 saturated heterocycles. The highest BCUT2D eigenvalue weighted by Gasteiger charge is 2.34. The van der Waals surface area contributed by atoms with Gasteiger partial charge in [0.25, 0.3) is 5.91 Å². The molecular formula is C32H25ClF3N5OS. The molecule has 0 unspecified atom stereocenters. The van der Waals surface area contributed by atoms with Crippen LogP contribution in [0.3, 0.4) is 0 Å². The molecule has 6 nitrogen and oxygen atoms in total. The number of anilines is 2. The van der Waals surface area contributed by atoms with Crippen LogP contribution in [0.25, 0.3) is 21.7 Å². The highest BCUT2D eigenvalue weighted by Crippen LogP contribution is 2.37. The molecule has 0 spiro atoms. The molecule has 0 saturated carbocycles. The van der Waals surface area contributed by atoms with Gasteiger partial charge in [0.2, 0.25) is 0 Å². The highest BCUT2D eigenvalue weighted by atomic mass is 35.5. The first-order chi connectivity index (χ1) is 20.8. The molecule has 6 rings (SSSR count). The van der Waals surface area contributed by atoms with E-state index in [4.69, 9.17) is 11.6 Å². The lowest BCUT2D eigenvalue weighted by Crippen LogP contribution is -2.34. The normalized spacial score (nSPS) is 12.9. The van der Waals surface area contributed by atoms with Gasteiger partial charge in [-0.3, -0.25) is 4.79 Å². The predicted octanol–water partition coefficient (Wildman–Crippen LogP) is 7.91. The molecule has 1 aliphatic heterocycles. The molecule has 1 aliphatic rings. The van der Waals surface area contributed by atoms with E-state index in [9.17, 15) is 18.0 Å². The van der Waals surface area contributed by atoms with Crippen molar-refractivity contribution in [1.29, 1.82) is 0 Å². The summed E-state index contributed by atoms with van der Waals surface area (Å²) >= 11 is 7.60. The van der Waals surface area contributed by atoms with E-state index >= 15 is 0 Å². The van der Waals surface area contributed by atoms with E-state index in [1.165, 1.54) is 23.5 Å². The zero-order valence-corrected chi connectivity index (χ0v) is 24.2. The predicted molar refractivity (Wildman–Crippen MR) is 164 cm³/mol. The zero-order chi connectivity index (χ0) is 30.0. The molecule has 0 atom stereocenters. The third-order valence-corrected chi connectivity index (χ3v) is 8.28. The van der Waals surface area contributed by atoms with E-state index in [2.05, 4.69) is 20.6 Å². The minimum absolute atomic E-state index is 0.00401. The number of hydrogen-bond acceptors (Lipinski definition) is 6. The number of carbonyl (C=O) groups is 1. The van der Waals surface area contributed by atoms with E-state index in [-0.39, 0.29) is 29.6 Å². The molecule has 3 heterocycles. The Bertz CT molecular complexity index is 1780.